The van der Waals surface area contributed by atoms with Crippen LogP contribution in [0.4, 0.5) is 13.2 Å². The van der Waals surface area contributed by atoms with Crippen molar-refractivity contribution in [2.24, 2.45) is 0 Å². The third-order valence-corrected chi connectivity index (χ3v) is 5.83. The largest absolute Gasteiger partial charge is 0.455 e. The Morgan fingerprint density at radius 2 is 2.08 bits per heavy atom. The van der Waals surface area contributed by atoms with Crippen LogP contribution in [-0.4, -0.2) is 41.0 Å². The number of carbonyl (C=O) groups is 2. The van der Waals surface area contributed by atoms with Crippen LogP contribution in [0.2, 0.25) is 0 Å². The SMILES string of the molecule is O=C(N[C@@H]1C[C@H]2CC[C@@H]1N2)c1cc2sc(C(=O)C(F)(F)F)cc2cn1. The van der Waals surface area contributed by atoms with Crippen LogP contribution in [0, 0.1) is 0 Å². The second-order valence-electron chi connectivity index (χ2n) is 6.41. The maximum Gasteiger partial charge on any atom is 0.455 e. The van der Waals surface area contributed by atoms with Crippen molar-refractivity contribution in [1.82, 2.24) is 15.6 Å². The van der Waals surface area contributed by atoms with Gasteiger partial charge < -0.3 is 10.6 Å². The van der Waals surface area contributed by atoms with E-state index in [2.05, 4.69) is 15.6 Å². The summed E-state index contributed by atoms with van der Waals surface area (Å²) in [6, 6.07) is 3.36. The second kappa shape index (κ2) is 5.77. The first-order valence-electron chi connectivity index (χ1n) is 7.89. The predicted molar refractivity (Wildman–Crippen MR) is 85.8 cm³/mol. The van der Waals surface area contributed by atoms with Gasteiger partial charge in [0, 0.05) is 34.4 Å². The van der Waals surface area contributed by atoms with Crippen LogP contribution in [0.25, 0.3) is 10.1 Å². The van der Waals surface area contributed by atoms with Crippen molar-refractivity contribution < 1.29 is 22.8 Å². The van der Waals surface area contributed by atoms with Crippen molar-refractivity contribution >= 4 is 33.1 Å². The fourth-order valence-corrected chi connectivity index (χ4v) is 4.57. The smallest absolute Gasteiger partial charge is 0.346 e. The average Bonchev–Trinajstić information content (AvgIpc) is 3.26. The van der Waals surface area contributed by atoms with Gasteiger partial charge in [0.1, 0.15) is 5.69 Å². The molecule has 3 atom stereocenters. The van der Waals surface area contributed by atoms with Crippen LogP contribution in [-0.2, 0) is 0 Å². The molecule has 2 N–H and O–H groups in total. The summed E-state index contributed by atoms with van der Waals surface area (Å²) < 4.78 is 38.1. The predicted octanol–water partition coefficient (Wildman–Crippen LogP) is 2.66. The van der Waals surface area contributed by atoms with Crippen molar-refractivity contribution in [3.8, 4) is 0 Å². The lowest BCUT2D eigenvalue weighted by molar-refractivity contribution is -0.0882. The number of fused-ring (bicyclic) bond motifs is 3. The van der Waals surface area contributed by atoms with Crippen molar-refractivity contribution in [1.29, 1.82) is 0 Å². The van der Waals surface area contributed by atoms with E-state index < -0.39 is 16.8 Å². The van der Waals surface area contributed by atoms with E-state index in [4.69, 9.17) is 0 Å². The number of hydrogen-bond donors (Lipinski definition) is 2. The zero-order valence-electron chi connectivity index (χ0n) is 12.9. The first-order valence-corrected chi connectivity index (χ1v) is 8.71. The van der Waals surface area contributed by atoms with Crippen LogP contribution < -0.4 is 10.6 Å². The van der Waals surface area contributed by atoms with Crippen LogP contribution in [0.15, 0.2) is 18.3 Å². The molecular formula is C16H14F3N3O2S. The number of pyridine rings is 1. The van der Waals surface area contributed by atoms with Gasteiger partial charge in [0.15, 0.2) is 0 Å². The van der Waals surface area contributed by atoms with Crippen LogP contribution >= 0.6 is 11.3 Å². The molecule has 0 spiro atoms. The lowest BCUT2D eigenvalue weighted by Gasteiger charge is -2.21. The lowest BCUT2D eigenvalue weighted by Crippen LogP contribution is -2.43. The van der Waals surface area contributed by atoms with Gasteiger partial charge in [-0.2, -0.15) is 13.2 Å². The molecule has 2 aromatic rings. The molecule has 2 aromatic heterocycles. The zero-order valence-corrected chi connectivity index (χ0v) is 13.7. The van der Waals surface area contributed by atoms with Crippen molar-refractivity contribution in [3.05, 3.63) is 28.9 Å². The summed E-state index contributed by atoms with van der Waals surface area (Å²) in [6.45, 7) is 0. The number of ketones is 1. The molecular weight excluding hydrogens is 355 g/mol. The highest BCUT2D eigenvalue weighted by molar-refractivity contribution is 7.20. The summed E-state index contributed by atoms with van der Waals surface area (Å²) in [6.07, 6.45) is -0.569. The van der Waals surface area contributed by atoms with Crippen LogP contribution in [0.1, 0.15) is 39.4 Å². The zero-order chi connectivity index (χ0) is 17.8. The summed E-state index contributed by atoms with van der Waals surface area (Å²) in [5.74, 6) is -2.23. The van der Waals surface area contributed by atoms with Gasteiger partial charge in [-0.25, -0.2) is 0 Å². The number of nitrogens with zero attached hydrogens (tertiary/aromatic N) is 1. The number of carbonyl (C=O) groups excluding carboxylic acids is 2. The third-order valence-electron chi connectivity index (χ3n) is 4.73. The van der Waals surface area contributed by atoms with Gasteiger partial charge in [-0.3, -0.25) is 14.6 Å². The lowest BCUT2D eigenvalue weighted by atomic mass is 9.95. The standard InChI is InChI=1S/C16H14F3N3O2S/c17-16(18,19)14(23)13-3-7-6-20-11(5-12(7)25-13)15(24)22-10-4-8-1-2-9(10)21-8/h3,5-6,8-10,21H,1-2,4H2,(H,22,24)/t8-,9+,10-/m1/s1. The van der Waals surface area contributed by atoms with Crippen molar-refractivity contribution in [2.75, 3.05) is 0 Å². The number of alkyl halides is 3. The Hall–Kier alpha value is -2.00. The molecule has 9 heteroatoms. The number of amides is 1. The highest BCUT2D eigenvalue weighted by Crippen LogP contribution is 2.31. The van der Waals surface area contributed by atoms with Gasteiger partial charge in [-0.1, -0.05) is 0 Å². The Bertz CT molecular complexity index is 864. The second-order valence-corrected chi connectivity index (χ2v) is 7.49. The third kappa shape index (κ3) is 3.02. The number of halogens is 3. The van der Waals surface area contributed by atoms with Gasteiger partial charge in [-0.05, 0) is 31.4 Å². The molecule has 2 bridgehead atoms. The highest BCUT2D eigenvalue weighted by atomic mass is 32.1. The summed E-state index contributed by atoms with van der Waals surface area (Å²) in [5, 5.41) is 6.77. The molecule has 2 saturated heterocycles. The minimum absolute atomic E-state index is 0.0504. The van der Waals surface area contributed by atoms with Gasteiger partial charge in [0.2, 0.25) is 0 Å². The van der Waals surface area contributed by atoms with Gasteiger partial charge >= 0.3 is 6.18 Å². The normalized spacial score (nSPS) is 25.5. The monoisotopic (exact) mass is 369 g/mol. The summed E-state index contributed by atoms with van der Waals surface area (Å²) in [4.78, 5) is 27.3. The quantitative estimate of drug-likeness (QED) is 0.816. The fourth-order valence-electron chi connectivity index (χ4n) is 3.54. The van der Waals surface area contributed by atoms with Crippen LogP contribution in [0.5, 0.6) is 0 Å². The van der Waals surface area contributed by atoms with E-state index in [9.17, 15) is 22.8 Å². The number of rotatable bonds is 3. The van der Waals surface area contributed by atoms with Gasteiger partial charge in [-0.15, -0.1) is 11.3 Å². The number of hydrogen-bond acceptors (Lipinski definition) is 5. The molecule has 0 saturated carbocycles. The summed E-state index contributed by atoms with van der Waals surface area (Å²) in [7, 11) is 0. The van der Waals surface area contributed by atoms with Gasteiger partial charge in [0.05, 0.1) is 4.88 Å². The van der Waals surface area contributed by atoms with Crippen LogP contribution in [0.3, 0.4) is 0 Å². The Morgan fingerprint density at radius 3 is 2.72 bits per heavy atom. The van der Waals surface area contributed by atoms with E-state index in [0.29, 0.717) is 27.5 Å². The van der Waals surface area contributed by atoms with E-state index in [0.717, 1.165) is 25.3 Å². The van der Waals surface area contributed by atoms with Gasteiger partial charge in [0.25, 0.3) is 11.7 Å². The van der Waals surface area contributed by atoms with E-state index in [1.807, 2.05) is 0 Å². The molecule has 1 amide bonds. The summed E-state index contributed by atoms with van der Waals surface area (Å²) in [5.41, 5.74) is 0.142. The maximum atomic E-state index is 12.5. The molecule has 25 heavy (non-hydrogen) atoms. The first kappa shape index (κ1) is 16.5. The van der Waals surface area contributed by atoms with E-state index in [1.165, 1.54) is 12.3 Å². The van der Waals surface area contributed by atoms with E-state index in [1.54, 1.807) is 0 Å². The molecule has 2 fully saturated rings. The van der Waals surface area contributed by atoms with E-state index in [-0.39, 0.29) is 23.7 Å². The Morgan fingerprint density at radius 1 is 1.28 bits per heavy atom. The minimum Gasteiger partial charge on any atom is -0.346 e. The fraction of sp³-hybridized carbons (Fsp3) is 0.438. The number of thiophene rings is 1. The van der Waals surface area contributed by atoms with Crippen molar-refractivity contribution in [3.63, 3.8) is 0 Å². The van der Waals surface area contributed by atoms with Crippen molar-refractivity contribution in [2.45, 2.75) is 43.6 Å². The number of nitrogens with one attached hydrogen (secondary N) is 2. The Kier molecular flexibility index (Phi) is 3.80. The maximum absolute atomic E-state index is 12.5. The molecule has 2 aliphatic heterocycles. The molecule has 0 aliphatic carbocycles. The Balaban J connectivity index is 1.54. The van der Waals surface area contributed by atoms with E-state index >= 15 is 0 Å². The molecule has 2 aliphatic rings. The molecule has 0 unspecified atom stereocenters. The minimum atomic E-state index is -4.91. The average molecular weight is 369 g/mol. The molecule has 4 rings (SSSR count). The Labute approximate surface area is 144 Å². The first-order chi connectivity index (χ1) is 11.8. The molecule has 5 nitrogen and oxygen atoms in total. The molecule has 0 radical (unpaired) electrons. The number of aromatic nitrogens is 1. The number of Topliss-reactive ketones (excluding diaryl/α,β-unsaturated/α-hetero) is 1. The molecule has 132 valence electrons. The highest BCUT2D eigenvalue weighted by Gasteiger charge is 2.41. The molecule has 0 aromatic carbocycles. The topological polar surface area (TPSA) is 71.1 Å². The summed E-state index contributed by atoms with van der Waals surface area (Å²) >= 11 is 0.717. The molecule has 4 heterocycles.